The fourth-order valence-electron chi connectivity index (χ4n) is 1.86. The summed E-state index contributed by atoms with van der Waals surface area (Å²) in [5.41, 5.74) is 2.09. The number of hydrogen-bond acceptors (Lipinski definition) is 3. The van der Waals surface area contributed by atoms with Crippen molar-refractivity contribution in [3.05, 3.63) is 50.6 Å². The number of halogens is 1. The third-order valence-electron chi connectivity index (χ3n) is 2.94. The minimum absolute atomic E-state index is 0.00592. The Kier molecular flexibility index (Phi) is 5.34. The van der Waals surface area contributed by atoms with Gasteiger partial charge in [-0.25, -0.2) is 0 Å². The first-order valence-corrected chi connectivity index (χ1v) is 7.99. The van der Waals surface area contributed by atoms with Crippen LogP contribution in [0.25, 0.3) is 0 Å². The van der Waals surface area contributed by atoms with Gasteiger partial charge in [-0.2, -0.15) is 0 Å². The lowest BCUT2D eigenvalue weighted by atomic mass is 10.3. The Morgan fingerprint density at radius 2 is 2.10 bits per heavy atom. The maximum atomic E-state index is 12.0. The Balaban J connectivity index is 1.88. The molecular weight excluding hydrogens is 336 g/mol. The second-order valence-corrected chi connectivity index (χ2v) is 6.58. The molecule has 1 aromatic carbocycles. The number of nitrogens with zero attached hydrogens (tertiary/aromatic N) is 1. The number of aryl methyl sites for hydroxylation is 1. The molecule has 1 N–H and O–H groups in total. The van der Waals surface area contributed by atoms with Crippen LogP contribution in [0.5, 0.6) is 0 Å². The van der Waals surface area contributed by atoms with Crippen molar-refractivity contribution in [2.75, 3.05) is 18.9 Å². The third-order valence-corrected chi connectivity index (χ3v) is 4.64. The molecule has 0 spiro atoms. The summed E-state index contributed by atoms with van der Waals surface area (Å²) < 4.78 is 0.894. The number of rotatable bonds is 5. The monoisotopic (exact) mass is 352 g/mol. The average molecular weight is 353 g/mol. The number of nitrogens with one attached hydrogen (secondary N) is 1. The van der Waals surface area contributed by atoms with Crippen LogP contribution in [-0.4, -0.2) is 24.4 Å². The van der Waals surface area contributed by atoms with E-state index in [1.807, 2.05) is 36.2 Å². The lowest BCUT2D eigenvalue weighted by Crippen LogP contribution is -2.29. The Hall–Kier alpha value is -1.17. The Labute approximate surface area is 131 Å². The molecule has 2 aromatic rings. The van der Waals surface area contributed by atoms with E-state index in [1.165, 1.54) is 10.4 Å². The molecule has 0 unspecified atom stereocenters. The van der Waals surface area contributed by atoms with Crippen LogP contribution in [0, 0.1) is 6.92 Å². The van der Waals surface area contributed by atoms with Gasteiger partial charge in [0, 0.05) is 15.9 Å². The van der Waals surface area contributed by atoms with Crippen LogP contribution in [0.3, 0.4) is 0 Å². The van der Waals surface area contributed by atoms with E-state index < -0.39 is 0 Å². The van der Waals surface area contributed by atoms with Gasteiger partial charge in [0.2, 0.25) is 5.91 Å². The van der Waals surface area contributed by atoms with Crippen molar-refractivity contribution in [1.82, 2.24) is 4.90 Å². The summed E-state index contributed by atoms with van der Waals surface area (Å²) in [7, 11) is 1.96. The SMILES string of the molecule is Cc1ccsc1CN(C)CC(=O)Nc1ccccc1Br. The van der Waals surface area contributed by atoms with Gasteiger partial charge in [-0.05, 0) is 59.0 Å². The van der Waals surface area contributed by atoms with Crippen LogP contribution in [-0.2, 0) is 11.3 Å². The smallest absolute Gasteiger partial charge is 0.238 e. The largest absolute Gasteiger partial charge is 0.324 e. The fourth-order valence-corrected chi connectivity index (χ4v) is 3.23. The van der Waals surface area contributed by atoms with Crippen LogP contribution >= 0.6 is 27.3 Å². The van der Waals surface area contributed by atoms with Crippen molar-refractivity contribution < 1.29 is 4.79 Å². The summed E-state index contributed by atoms with van der Waals surface area (Å²) in [5.74, 6) is -0.00592. The van der Waals surface area contributed by atoms with Crippen molar-refractivity contribution in [3.63, 3.8) is 0 Å². The molecule has 0 aliphatic carbocycles. The van der Waals surface area contributed by atoms with E-state index in [0.29, 0.717) is 6.54 Å². The van der Waals surface area contributed by atoms with E-state index in [0.717, 1.165) is 16.7 Å². The lowest BCUT2D eigenvalue weighted by molar-refractivity contribution is -0.117. The quantitative estimate of drug-likeness (QED) is 0.885. The topological polar surface area (TPSA) is 32.3 Å². The van der Waals surface area contributed by atoms with Gasteiger partial charge in [0.05, 0.1) is 12.2 Å². The first-order chi connectivity index (χ1) is 9.56. The number of hydrogen-bond donors (Lipinski definition) is 1. The van der Waals surface area contributed by atoms with Gasteiger partial charge in [0.25, 0.3) is 0 Å². The summed E-state index contributed by atoms with van der Waals surface area (Å²) in [4.78, 5) is 15.3. The maximum absolute atomic E-state index is 12.0. The van der Waals surface area contributed by atoms with Crippen LogP contribution in [0.15, 0.2) is 40.2 Å². The summed E-state index contributed by atoms with van der Waals surface area (Å²) in [6, 6.07) is 9.72. The number of likely N-dealkylation sites (N-methyl/N-ethyl adjacent to an activating group) is 1. The van der Waals surface area contributed by atoms with E-state index >= 15 is 0 Å². The Morgan fingerprint density at radius 3 is 2.75 bits per heavy atom. The average Bonchev–Trinajstić information content (AvgIpc) is 2.77. The van der Waals surface area contributed by atoms with E-state index in [1.54, 1.807) is 11.3 Å². The highest BCUT2D eigenvalue weighted by atomic mass is 79.9. The van der Waals surface area contributed by atoms with Crippen molar-refractivity contribution in [2.24, 2.45) is 0 Å². The van der Waals surface area contributed by atoms with Crippen molar-refractivity contribution >= 4 is 38.9 Å². The van der Waals surface area contributed by atoms with Crippen LogP contribution in [0.4, 0.5) is 5.69 Å². The number of para-hydroxylation sites is 1. The van der Waals surface area contributed by atoms with Gasteiger partial charge in [0.1, 0.15) is 0 Å². The number of anilines is 1. The van der Waals surface area contributed by atoms with Crippen molar-refractivity contribution in [3.8, 4) is 0 Å². The fraction of sp³-hybridized carbons (Fsp3) is 0.267. The Bertz CT molecular complexity index is 597. The molecular formula is C15H17BrN2OS. The summed E-state index contributed by atoms with van der Waals surface area (Å²) in [6.45, 7) is 3.27. The number of thiophene rings is 1. The van der Waals surface area contributed by atoms with Gasteiger partial charge < -0.3 is 5.32 Å². The molecule has 1 heterocycles. The van der Waals surface area contributed by atoms with Crippen LogP contribution in [0.2, 0.25) is 0 Å². The molecule has 1 aromatic heterocycles. The maximum Gasteiger partial charge on any atom is 0.238 e. The molecule has 0 bridgehead atoms. The third kappa shape index (κ3) is 4.16. The van der Waals surface area contributed by atoms with E-state index in [9.17, 15) is 4.79 Å². The highest BCUT2D eigenvalue weighted by Crippen LogP contribution is 2.21. The zero-order chi connectivity index (χ0) is 14.5. The van der Waals surface area contributed by atoms with E-state index in [4.69, 9.17) is 0 Å². The highest BCUT2D eigenvalue weighted by Gasteiger charge is 2.10. The minimum Gasteiger partial charge on any atom is -0.324 e. The molecule has 0 atom stereocenters. The first kappa shape index (κ1) is 15.2. The molecule has 0 aliphatic rings. The molecule has 0 fully saturated rings. The van der Waals surface area contributed by atoms with Crippen LogP contribution < -0.4 is 5.32 Å². The van der Waals surface area contributed by atoms with Crippen LogP contribution in [0.1, 0.15) is 10.4 Å². The number of benzene rings is 1. The molecule has 0 radical (unpaired) electrons. The molecule has 3 nitrogen and oxygen atoms in total. The van der Waals surface area contributed by atoms with Gasteiger partial charge >= 0.3 is 0 Å². The molecule has 1 amide bonds. The Morgan fingerprint density at radius 1 is 1.35 bits per heavy atom. The zero-order valence-electron chi connectivity index (χ0n) is 11.5. The predicted octanol–water partition coefficient (Wildman–Crippen LogP) is 3.89. The number of amides is 1. The van der Waals surface area contributed by atoms with Gasteiger partial charge in [-0.1, -0.05) is 12.1 Å². The molecule has 2 rings (SSSR count). The second kappa shape index (κ2) is 7.02. The van der Waals surface area contributed by atoms with Gasteiger partial charge in [-0.15, -0.1) is 11.3 Å². The molecule has 106 valence electrons. The molecule has 0 saturated heterocycles. The standard InChI is InChI=1S/C15H17BrN2OS/c1-11-7-8-20-14(11)9-18(2)10-15(19)17-13-6-4-3-5-12(13)16/h3-8H,9-10H2,1-2H3,(H,17,19). The summed E-state index contributed by atoms with van der Waals surface area (Å²) in [6.07, 6.45) is 0. The summed E-state index contributed by atoms with van der Waals surface area (Å²) >= 11 is 5.15. The molecule has 0 aliphatic heterocycles. The first-order valence-electron chi connectivity index (χ1n) is 6.32. The number of carbonyl (C=O) groups excluding carboxylic acids is 1. The molecule has 5 heteroatoms. The normalized spacial score (nSPS) is 10.8. The second-order valence-electron chi connectivity index (χ2n) is 4.73. The van der Waals surface area contributed by atoms with E-state index in [-0.39, 0.29) is 5.91 Å². The molecule has 20 heavy (non-hydrogen) atoms. The van der Waals surface area contributed by atoms with Crippen molar-refractivity contribution in [1.29, 1.82) is 0 Å². The highest BCUT2D eigenvalue weighted by molar-refractivity contribution is 9.10. The minimum atomic E-state index is -0.00592. The molecule has 0 saturated carbocycles. The van der Waals surface area contributed by atoms with E-state index in [2.05, 4.69) is 39.6 Å². The predicted molar refractivity (Wildman–Crippen MR) is 88.2 cm³/mol. The van der Waals surface area contributed by atoms with Crippen molar-refractivity contribution in [2.45, 2.75) is 13.5 Å². The van der Waals surface area contributed by atoms with Gasteiger partial charge in [-0.3, -0.25) is 9.69 Å². The zero-order valence-corrected chi connectivity index (χ0v) is 13.9. The number of carbonyl (C=O) groups is 1. The summed E-state index contributed by atoms with van der Waals surface area (Å²) in [5, 5.41) is 4.99. The lowest BCUT2D eigenvalue weighted by Gasteiger charge is -2.16. The van der Waals surface area contributed by atoms with Gasteiger partial charge in [0.15, 0.2) is 0 Å².